The summed E-state index contributed by atoms with van der Waals surface area (Å²) in [6.07, 6.45) is -3.76. The first-order valence-corrected chi connectivity index (χ1v) is 4.61. The number of hydrogen-bond donors (Lipinski definition) is 0. The number of nitrogens with zero attached hydrogens (tertiary/aromatic N) is 2. The van der Waals surface area contributed by atoms with Gasteiger partial charge in [0, 0.05) is 16.7 Å². The minimum atomic E-state index is -4.61. The summed E-state index contributed by atoms with van der Waals surface area (Å²) in [6.45, 7) is -1.56. The standard InChI is InChI=1S/C7H4BrF3N2O3/c8-4-1-5(13(15)16)6(14)12(2-4)3-7(9,10)11/h1-2H,3H2. The Morgan fingerprint density at radius 1 is 1.50 bits per heavy atom. The zero-order valence-electron chi connectivity index (χ0n) is 7.49. The van der Waals surface area contributed by atoms with Crippen molar-refractivity contribution in [3.05, 3.63) is 37.2 Å². The van der Waals surface area contributed by atoms with Crippen LogP contribution in [0.25, 0.3) is 0 Å². The van der Waals surface area contributed by atoms with Crippen molar-refractivity contribution in [2.75, 3.05) is 0 Å². The minimum absolute atomic E-state index is 0.0306. The van der Waals surface area contributed by atoms with E-state index in [0.717, 1.165) is 12.3 Å². The fourth-order valence-corrected chi connectivity index (χ4v) is 1.49. The Morgan fingerprint density at radius 2 is 2.06 bits per heavy atom. The Hall–Kier alpha value is -1.38. The summed E-state index contributed by atoms with van der Waals surface area (Å²) in [5.74, 6) is 0. The highest BCUT2D eigenvalue weighted by Gasteiger charge is 2.30. The first-order valence-electron chi connectivity index (χ1n) is 3.82. The van der Waals surface area contributed by atoms with Crippen molar-refractivity contribution in [1.29, 1.82) is 0 Å². The zero-order chi connectivity index (χ0) is 12.5. The lowest BCUT2D eigenvalue weighted by Gasteiger charge is -2.09. The summed E-state index contributed by atoms with van der Waals surface area (Å²) in [5, 5.41) is 10.4. The molecule has 0 aliphatic heterocycles. The fourth-order valence-electron chi connectivity index (χ4n) is 1.03. The van der Waals surface area contributed by atoms with Gasteiger partial charge in [-0.2, -0.15) is 13.2 Å². The number of halogens is 4. The maximum atomic E-state index is 12.0. The Balaban J connectivity index is 3.31. The predicted octanol–water partition coefficient (Wildman–Crippen LogP) is 2.08. The average Bonchev–Trinajstić information content (AvgIpc) is 2.07. The second kappa shape index (κ2) is 4.24. The molecule has 0 aliphatic rings. The van der Waals surface area contributed by atoms with E-state index in [1.54, 1.807) is 0 Å². The molecule has 0 radical (unpaired) electrons. The van der Waals surface area contributed by atoms with Gasteiger partial charge in [0.2, 0.25) is 0 Å². The van der Waals surface area contributed by atoms with Crippen LogP contribution in [0.5, 0.6) is 0 Å². The van der Waals surface area contributed by atoms with Gasteiger partial charge >= 0.3 is 17.4 Å². The lowest BCUT2D eigenvalue weighted by Crippen LogP contribution is -2.29. The summed E-state index contributed by atoms with van der Waals surface area (Å²) < 4.78 is 36.4. The molecule has 0 N–H and O–H groups in total. The van der Waals surface area contributed by atoms with E-state index in [0.29, 0.717) is 0 Å². The van der Waals surface area contributed by atoms with Gasteiger partial charge in [0.05, 0.1) is 4.92 Å². The molecule has 1 aromatic heterocycles. The number of rotatable bonds is 2. The van der Waals surface area contributed by atoms with E-state index in [9.17, 15) is 28.1 Å². The summed E-state index contributed by atoms with van der Waals surface area (Å²) in [7, 11) is 0. The van der Waals surface area contributed by atoms with Gasteiger partial charge in [-0.3, -0.25) is 19.5 Å². The van der Waals surface area contributed by atoms with Gasteiger partial charge in [-0.15, -0.1) is 0 Å². The number of aromatic nitrogens is 1. The van der Waals surface area contributed by atoms with Crippen LogP contribution in [0, 0.1) is 10.1 Å². The minimum Gasteiger partial charge on any atom is -0.299 e. The summed E-state index contributed by atoms with van der Waals surface area (Å²) in [6, 6.07) is 0.856. The van der Waals surface area contributed by atoms with Crippen LogP contribution in [-0.4, -0.2) is 15.7 Å². The number of nitro groups is 1. The van der Waals surface area contributed by atoms with Gasteiger partial charge in [0.25, 0.3) is 0 Å². The van der Waals surface area contributed by atoms with Crippen LogP contribution in [0.15, 0.2) is 21.5 Å². The Labute approximate surface area is 94.8 Å². The van der Waals surface area contributed by atoms with Crippen molar-refractivity contribution >= 4 is 21.6 Å². The normalized spacial score (nSPS) is 11.5. The third-order valence-corrected chi connectivity index (χ3v) is 2.01. The van der Waals surface area contributed by atoms with E-state index >= 15 is 0 Å². The summed E-state index contributed by atoms with van der Waals surface area (Å²) >= 11 is 2.79. The number of pyridine rings is 1. The molecule has 0 amide bonds. The monoisotopic (exact) mass is 300 g/mol. The molecule has 0 saturated carbocycles. The Kier molecular flexibility index (Phi) is 3.36. The first-order chi connectivity index (χ1) is 7.20. The van der Waals surface area contributed by atoms with Crippen molar-refractivity contribution in [1.82, 2.24) is 4.57 Å². The average molecular weight is 301 g/mol. The number of hydrogen-bond acceptors (Lipinski definition) is 3. The highest BCUT2D eigenvalue weighted by molar-refractivity contribution is 9.10. The third kappa shape index (κ3) is 3.05. The fraction of sp³-hybridized carbons (Fsp3) is 0.286. The molecule has 88 valence electrons. The molecule has 0 aliphatic carbocycles. The van der Waals surface area contributed by atoms with Gasteiger partial charge in [-0.25, -0.2) is 0 Å². The van der Waals surface area contributed by atoms with Crippen molar-refractivity contribution < 1.29 is 18.1 Å². The van der Waals surface area contributed by atoms with Crippen molar-refractivity contribution in [3.63, 3.8) is 0 Å². The summed E-state index contributed by atoms with van der Waals surface area (Å²) in [4.78, 5) is 20.6. The lowest BCUT2D eigenvalue weighted by molar-refractivity contribution is -0.386. The van der Waals surface area contributed by atoms with Crippen LogP contribution < -0.4 is 5.56 Å². The maximum absolute atomic E-state index is 12.0. The predicted molar refractivity (Wildman–Crippen MR) is 51.1 cm³/mol. The van der Waals surface area contributed by atoms with Crippen molar-refractivity contribution in [2.24, 2.45) is 0 Å². The first kappa shape index (κ1) is 12.7. The van der Waals surface area contributed by atoms with Gasteiger partial charge in [0.1, 0.15) is 6.54 Å². The molecular weight excluding hydrogens is 297 g/mol. The molecule has 5 nitrogen and oxygen atoms in total. The molecule has 9 heteroatoms. The lowest BCUT2D eigenvalue weighted by atomic mass is 10.4. The van der Waals surface area contributed by atoms with Gasteiger partial charge in [-0.05, 0) is 15.9 Å². The number of alkyl halides is 3. The van der Waals surface area contributed by atoms with E-state index in [-0.39, 0.29) is 9.04 Å². The molecule has 0 aromatic carbocycles. The molecule has 16 heavy (non-hydrogen) atoms. The van der Waals surface area contributed by atoms with Crippen LogP contribution in [0.4, 0.5) is 18.9 Å². The van der Waals surface area contributed by atoms with Gasteiger partial charge in [-0.1, -0.05) is 0 Å². The molecule has 0 bridgehead atoms. The third-order valence-electron chi connectivity index (χ3n) is 1.58. The van der Waals surface area contributed by atoms with Crippen molar-refractivity contribution in [3.8, 4) is 0 Å². The molecule has 0 fully saturated rings. The van der Waals surface area contributed by atoms with Crippen LogP contribution in [-0.2, 0) is 6.54 Å². The summed E-state index contributed by atoms with van der Waals surface area (Å²) in [5.41, 5.74) is -2.19. The van der Waals surface area contributed by atoms with Crippen LogP contribution >= 0.6 is 15.9 Å². The highest BCUT2D eigenvalue weighted by atomic mass is 79.9. The zero-order valence-corrected chi connectivity index (χ0v) is 9.08. The Bertz CT molecular complexity index is 483. The topological polar surface area (TPSA) is 65.1 Å². The van der Waals surface area contributed by atoms with E-state index in [1.165, 1.54) is 0 Å². The van der Waals surface area contributed by atoms with E-state index in [4.69, 9.17) is 0 Å². The van der Waals surface area contributed by atoms with E-state index < -0.39 is 28.9 Å². The molecule has 1 aromatic rings. The molecule has 1 rings (SSSR count). The molecule has 0 spiro atoms. The quantitative estimate of drug-likeness (QED) is 0.620. The molecular formula is C7H4BrF3N2O3. The molecule has 1 heterocycles. The van der Waals surface area contributed by atoms with E-state index in [1.807, 2.05) is 0 Å². The van der Waals surface area contributed by atoms with Crippen LogP contribution in [0.1, 0.15) is 0 Å². The second-order valence-corrected chi connectivity index (χ2v) is 3.76. The van der Waals surface area contributed by atoms with Crippen molar-refractivity contribution in [2.45, 2.75) is 12.7 Å². The van der Waals surface area contributed by atoms with Gasteiger partial charge < -0.3 is 0 Å². The highest BCUT2D eigenvalue weighted by Crippen LogP contribution is 2.19. The molecule has 0 saturated heterocycles. The van der Waals surface area contributed by atoms with Crippen LogP contribution in [0.2, 0.25) is 0 Å². The Morgan fingerprint density at radius 3 is 2.50 bits per heavy atom. The van der Waals surface area contributed by atoms with Crippen LogP contribution in [0.3, 0.4) is 0 Å². The maximum Gasteiger partial charge on any atom is 0.406 e. The largest absolute Gasteiger partial charge is 0.406 e. The molecule has 0 atom stereocenters. The van der Waals surface area contributed by atoms with Gasteiger partial charge in [0.15, 0.2) is 0 Å². The molecule has 0 unspecified atom stereocenters. The smallest absolute Gasteiger partial charge is 0.299 e. The van der Waals surface area contributed by atoms with E-state index in [2.05, 4.69) is 15.9 Å². The SMILES string of the molecule is O=c1c([N+](=O)[O-])cc(Br)cn1CC(F)(F)F. The second-order valence-electron chi connectivity index (χ2n) is 2.85.